The summed E-state index contributed by atoms with van der Waals surface area (Å²) in [5.74, 6) is -0.0310. The van der Waals surface area contributed by atoms with Crippen LogP contribution in [0.3, 0.4) is 0 Å². The smallest absolute Gasteiger partial charge is 0.272 e. The first-order valence-electron chi connectivity index (χ1n) is 8.29. The number of carbonyl (C=O) groups is 1. The number of para-hydroxylation sites is 1. The van der Waals surface area contributed by atoms with Gasteiger partial charge in [-0.2, -0.15) is 0 Å². The summed E-state index contributed by atoms with van der Waals surface area (Å²) >= 11 is 6.23. The number of anilines is 1. The molecule has 0 unspecified atom stereocenters. The zero-order chi connectivity index (χ0) is 18.7. The van der Waals surface area contributed by atoms with Gasteiger partial charge in [0.05, 0.1) is 10.6 Å². The van der Waals surface area contributed by atoms with Crippen LogP contribution >= 0.6 is 11.6 Å². The minimum Gasteiger partial charge on any atom is -0.488 e. The molecule has 0 bridgehead atoms. The van der Waals surface area contributed by atoms with Crippen LogP contribution in [0.5, 0.6) is 5.75 Å². The van der Waals surface area contributed by atoms with E-state index in [2.05, 4.69) is 5.32 Å². The van der Waals surface area contributed by atoms with E-state index in [-0.39, 0.29) is 22.7 Å². The molecule has 0 radical (unpaired) electrons. The lowest BCUT2D eigenvalue weighted by molar-refractivity contribution is 0.0818. The van der Waals surface area contributed by atoms with Crippen LogP contribution < -0.4 is 15.0 Å². The molecule has 2 aromatic carbocycles. The Bertz CT molecular complexity index is 801. The minimum atomic E-state index is -2.57. The van der Waals surface area contributed by atoms with E-state index in [0.29, 0.717) is 18.7 Å². The molecule has 1 amide bonds. The van der Waals surface area contributed by atoms with Crippen molar-refractivity contribution in [3.8, 4) is 5.75 Å². The maximum Gasteiger partial charge on any atom is 0.272 e. The molecule has 0 fully saturated rings. The Labute approximate surface area is 155 Å². The van der Waals surface area contributed by atoms with Gasteiger partial charge in [-0.05, 0) is 36.8 Å². The normalized spacial score (nSPS) is 17.0. The van der Waals surface area contributed by atoms with Crippen molar-refractivity contribution in [2.24, 2.45) is 0 Å². The van der Waals surface area contributed by atoms with Crippen molar-refractivity contribution >= 4 is 23.2 Å². The van der Waals surface area contributed by atoms with Gasteiger partial charge in [-0.15, -0.1) is 0 Å². The number of alkyl halides is 2. The summed E-state index contributed by atoms with van der Waals surface area (Å²) in [6.45, 7) is 2.46. The lowest BCUT2D eigenvalue weighted by atomic mass is 10.1. The topological polar surface area (TPSA) is 41.6 Å². The summed E-state index contributed by atoms with van der Waals surface area (Å²) in [5.41, 5.74) is 2.17. The summed E-state index contributed by atoms with van der Waals surface area (Å²) in [4.78, 5) is 14.8. The Balaban J connectivity index is 1.88. The second-order valence-corrected chi connectivity index (χ2v) is 6.58. The van der Waals surface area contributed by atoms with Crippen molar-refractivity contribution in [2.45, 2.75) is 25.9 Å². The lowest BCUT2D eigenvalue weighted by Crippen LogP contribution is -2.39. The number of amides is 1. The highest BCUT2D eigenvalue weighted by Crippen LogP contribution is 2.29. The van der Waals surface area contributed by atoms with E-state index < -0.39 is 13.0 Å². The molecule has 1 aliphatic rings. The third-order valence-electron chi connectivity index (χ3n) is 4.17. The first kappa shape index (κ1) is 18.6. The average molecular weight is 381 g/mol. The Morgan fingerprint density at radius 3 is 2.85 bits per heavy atom. The molecule has 3 rings (SSSR count). The van der Waals surface area contributed by atoms with Crippen LogP contribution in [0.2, 0.25) is 5.02 Å². The molecule has 0 saturated carbocycles. The first-order chi connectivity index (χ1) is 12.5. The fourth-order valence-corrected chi connectivity index (χ4v) is 3.15. The van der Waals surface area contributed by atoms with E-state index >= 15 is 0 Å². The molecule has 7 heteroatoms. The molecule has 0 spiro atoms. The Kier molecular flexibility index (Phi) is 5.74. The molecule has 26 heavy (non-hydrogen) atoms. The van der Waals surface area contributed by atoms with Crippen molar-refractivity contribution in [3.05, 3.63) is 58.6 Å². The SMILES string of the molecule is C[C@@H]1CN(C(=O)c2ccc(OCC(F)F)cc2Cl)c2ccccc2CN1. The number of fused-ring (bicyclic) bond motifs is 1. The molecule has 1 N–H and O–H groups in total. The van der Waals surface area contributed by atoms with Gasteiger partial charge in [-0.25, -0.2) is 8.78 Å². The van der Waals surface area contributed by atoms with Gasteiger partial charge in [0, 0.05) is 24.8 Å². The molecule has 1 heterocycles. The maximum atomic E-state index is 13.1. The van der Waals surface area contributed by atoms with Crippen LogP contribution in [0, 0.1) is 0 Å². The van der Waals surface area contributed by atoms with Gasteiger partial charge in [0.15, 0.2) is 0 Å². The molecular weight excluding hydrogens is 362 g/mol. The number of hydrogen-bond donors (Lipinski definition) is 1. The van der Waals surface area contributed by atoms with E-state index in [0.717, 1.165) is 11.3 Å². The number of benzene rings is 2. The molecular formula is C19H19ClF2N2O2. The minimum absolute atomic E-state index is 0.110. The van der Waals surface area contributed by atoms with Crippen LogP contribution in [-0.2, 0) is 6.54 Å². The van der Waals surface area contributed by atoms with Gasteiger partial charge < -0.3 is 15.0 Å². The number of halogens is 3. The molecule has 1 aliphatic heterocycles. The van der Waals surface area contributed by atoms with Gasteiger partial charge in [-0.1, -0.05) is 29.8 Å². The second-order valence-electron chi connectivity index (χ2n) is 6.17. The van der Waals surface area contributed by atoms with Gasteiger partial charge in [0.2, 0.25) is 0 Å². The molecule has 2 aromatic rings. The zero-order valence-corrected chi connectivity index (χ0v) is 15.0. The highest BCUT2D eigenvalue weighted by Gasteiger charge is 2.26. The monoisotopic (exact) mass is 380 g/mol. The van der Waals surface area contributed by atoms with Crippen molar-refractivity contribution in [3.63, 3.8) is 0 Å². The number of ether oxygens (including phenoxy) is 1. The summed E-state index contributed by atoms with van der Waals surface area (Å²) in [7, 11) is 0. The van der Waals surface area contributed by atoms with Gasteiger partial charge in [0.1, 0.15) is 12.4 Å². The van der Waals surface area contributed by atoms with Crippen molar-refractivity contribution in [1.29, 1.82) is 0 Å². The average Bonchev–Trinajstić information content (AvgIpc) is 2.79. The maximum absolute atomic E-state index is 13.1. The standard InChI is InChI=1S/C19H19ClF2N2O2/c1-12-10-24(17-5-3-2-4-13(17)9-23-12)19(25)15-7-6-14(8-16(15)20)26-11-18(21)22/h2-8,12,18,23H,9-11H2,1H3/t12-/m1/s1. The Morgan fingerprint density at radius 2 is 2.12 bits per heavy atom. The van der Waals surface area contributed by atoms with E-state index in [1.165, 1.54) is 18.2 Å². The van der Waals surface area contributed by atoms with Crippen LogP contribution in [0.25, 0.3) is 0 Å². The van der Waals surface area contributed by atoms with Crippen molar-refractivity contribution in [2.75, 3.05) is 18.1 Å². The highest BCUT2D eigenvalue weighted by atomic mass is 35.5. The predicted molar refractivity (Wildman–Crippen MR) is 97.4 cm³/mol. The van der Waals surface area contributed by atoms with Crippen LogP contribution in [0.4, 0.5) is 14.5 Å². The summed E-state index contributed by atoms with van der Waals surface area (Å²) < 4.78 is 29.5. The van der Waals surface area contributed by atoms with Gasteiger partial charge in [0.25, 0.3) is 12.3 Å². The molecule has 0 aromatic heterocycles. The number of rotatable bonds is 4. The van der Waals surface area contributed by atoms with E-state index in [4.69, 9.17) is 16.3 Å². The summed E-state index contributed by atoms with van der Waals surface area (Å²) in [6.07, 6.45) is -2.57. The molecule has 0 saturated heterocycles. The third-order valence-corrected chi connectivity index (χ3v) is 4.48. The van der Waals surface area contributed by atoms with Crippen LogP contribution in [0.15, 0.2) is 42.5 Å². The van der Waals surface area contributed by atoms with Crippen LogP contribution in [0.1, 0.15) is 22.8 Å². The lowest BCUT2D eigenvalue weighted by Gasteiger charge is -2.25. The fourth-order valence-electron chi connectivity index (χ4n) is 2.90. The number of nitrogens with one attached hydrogen (secondary N) is 1. The number of nitrogens with zero attached hydrogens (tertiary/aromatic N) is 1. The zero-order valence-electron chi connectivity index (χ0n) is 14.2. The van der Waals surface area contributed by atoms with E-state index in [1.807, 2.05) is 31.2 Å². The molecule has 4 nitrogen and oxygen atoms in total. The summed E-state index contributed by atoms with van der Waals surface area (Å²) in [5, 5.41) is 3.54. The van der Waals surface area contributed by atoms with E-state index in [9.17, 15) is 13.6 Å². The number of carbonyl (C=O) groups excluding carboxylic acids is 1. The Morgan fingerprint density at radius 1 is 1.35 bits per heavy atom. The van der Waals surface area contributed by atoms with E-state index in [1.54, 1.807) is 4.90 Å². The quantitative estimate of drug-likeness (QED) is 0.867. The fraction of sp³-hybridized carbons (Fsp3) is 0.316. The molecule has 138 valence electrons. The first-order valence-corrected chi connectivity index (χ1v) is 8.67. The van der Waals surface area contributed by atoms with Crippen LogP contribution in [-0.4, -0.2) is 31.5 Å². The van der Waals surface area contributed by atoms with Crippen molar-refractivity contribution < 1.29 is 18.3 Å². The largest absolute Gasteiger partial charge is 0.488 e. The molecule has 0 aliphatic carbocycles. The van der Waals surface area contributed by atoms with Crippen molar-refractivity contribution in [1.82, 2.24) is 5.32 Å². The second kappa shape index (κ2) is 8.01. The summed E-state index contributed by atoms with van der Waals surface area (Å²) in [6, 6.07) is 12.2. The number of hydrogen-bond acceptors (Lipinski definition) is 3. The van der Waals surface area contributed by atoms with Gasteiger partial charge >= 0.3 is 0 Å². The third kappa shape index (κ3) is 4.14. The van der Waals surface area contributed by atoms with Gasteiger partial charge in [-0.3, -0.25) is 4.79 Å². The molecule has 1 atom stereocenters. The Hall–Kier alpha value is -2.18. The predicted octanol–water partition coefficient (Wildman–Crippen LogP) is 4.12. The highest BCUT2D eigenvalue weighted by molar-refractivity contribution is 6.34.